The Bertz CT molecular complexity index is 576. The van der Waals surface area contributed by atoms with Gasteiger partial charge < -0.3 is 0 Å². The van der Waals surface area contributed by atoms with Crippen molar-refractivity contribution in [3.63, 3.8) is 0 Å². The lowest BCUT2D eigenvalue weighted by molar-refractivity contribution is 0.231. The summed E-state index contributed by atoms with van der Waals surface area (Å²) in [6.45, 7) is 2.12. The molecule has 144 valence electrons. The molecule has 0 spiro atoms. The summed E-state index contributed by atoms with van der Waals surface area (Å²) < 4.78 is 26.6. The maximum absolute atomic E-state index is 13.5. The Morgan fingerprint density at radius 2 is 1.38 bits per heavy atom. The molecule has 2 heteroatoms. The molecule has 0 nitrogen and oxygen atoms in total. The van der Waals surface area contributed by atoms with Crippen molar-refractivity contribution in [1.82, 2.24) is 0 Å². The minimum absolute atomic E-state index is 0.420. The summed E-state index contributed by atoms with van der Waals surface area (Å²) in [6, 6.07) is 4.46. The van der Waals surface area contributed by atoms with Gasteiger partial charge in [-0.1, -0.05) is 43.9 Å². The second-order valence-electron chi connectivity index (χ2n) is 8.66. The van der Waals surface area contributed by atoms with Gasteiger partial charge in [-0.25, -0.2) is 8.78 Å². The molecule has 2 aliphatic carbocycles. The largest absolute Gasteiger partial charge is 0.204 e. The summed E-state index contributed by atoms with van der Waals surface area (Å²) in [6.07, 6.45) is 19.0. The van der Waals surface area contributed by atoms with E-state index in [0.29, 0.717) is 5.92 Å². The third kappa shape index (κ3) is 5.41. The van der Waals surface area contributed by atoms with Crippen LogP contribution in [0.4, 0.5) is 8.78 Å². The zero-order valence-corrected chi connectivity index (χ0v) is 16.2. The van der Waals surface area contributed by atoms with Gasteiger partial charge in [-0.15, -0.1) is 0 Å². The van der Waals surface area contributed by atoms with E-state index in [4.69, 9.17) is 0 Å². The SMILES string of the molecule is CC=CCC1CCC(CCC2CCC(c3ccc(F)c(F)c3)CC2)CC1. The smallest absolute Gasteiger partial charge is 0.159 e. The number of halogens is 2. The predicted octanol–water partition coefficient (Wildman–Crippen LogP) is 7.79. The van der Waals surface area contributed by atoms with Gasteiger partial charge in [0, 0.05) is 0 Å². The van der Waals surface area contributed by atoms with E-state index in [1.165, 1.54) is 69.9 Å². The fourth-order valence-electron chi connectivity index (χ4n) is 5.11. The fraction of sp³-hybridized carbons (Fsp3) is 0.667. The van der Waals surface area contributed by atoms with Gasteiger partial charge in [0.25, 0.3) is 0 Å². The van der Waals surface area contributed by atoms with Gasteiger partial charge in [0.1, 0.15) is 0 Å². The van der Waals surface area contributed by atoms with Gasteiger partial charge in [0.2, 0.25) is 0 Å². The van der Waals surface area contributed by atoms with Crippen LogP contribution in [0.15, 0.2) is 30.4 Å². The van der Waals surface area contributed by atoms with Crippen LogP contribution < -0.4 is 0 Å². The van der Waals surface area contributed by atoms with Crippen molar-refractivity contribution < 1.29 is 8.78 Å². The van der Waals surface area contributed by atoms with Crippen molar-refractivity contribution in [1.29, 1.82) is 0 Å². The summed E-state index contributed by atoms with van der Waals surface area (Å²) in [5.41, 5.74) is 0.988. The number of allylic oxidation sites excluding steroid dienone is 2. The fourth-order valence-corrected chi connectivity index (χ4v) is 5.11. The first-order chi connectivity index (χ1) is 12.7. The summed E-state index contributed by atoms with van der Waals surface area (Å²) in [5.74, 6) is 1.70. The third-order valence-electron chi connectivity index (χ3n) is 6.92. The van der Waals surface area contributed by atoms with E-state index in [9.17, 15) is 8.78 Å². The molecule has 3 rings (SSSR count). The molecule has 2 fully saturated rings. The Balaban J connectivity index is 1.36. The molecule has 2 aliphatic rings. The van der Waals surface area contributed by atoms with Crippen molar-refractivity contribution in [3.05, 3.63) is 47.5 Å². The Hall–Kier alpha value is -1.18. The van der Waals surface area contributed by atoms with E-state index in [1.807, 2.05) is 0 Å². The molecule has 2 saturated carbocycles. The van der Waals surface area contributed by atoms with Crippen LogP contribution in [0.5, 0.6) is 0 Å². The van der Waals surface area contributed by atoms with E-state index >= 15 is 0 Å². The third-order valence-corrected chi connectivity index (χ3v) is 6.92. The second kappa shape index (κ2) is 9.67. The van der Waals surface area contributed by atoms with Crippen LogP contribution in [-0.2, 0) is 0 Å². The molecule has 0 atom stereocenters. The Morgan fingerprint density at radius 3 is 1.96 bits per heavy atom. The topological polar surface area (TPSA) is 0 Å². The zero-order chi connectivity index (χ0) is 18.4. The lowest BCUT2D eigenvalue weighted by Crippen LogP contribution is -2.17. The normalized spacial score (nSPS) is 30.0. The van der Waals surface area contributed by atoms with Crippen LogP contribution in [0.2, 0.25) is 0 Å². The summed E-state index contributed by atoms with van der Waals surface area (Å²) in [7, 11) is 0. The highest BCUT2D eigenvalue weighted by Crippen LogP contribution is 2.40. The average Bonchev–Trinajstić information content (AvgIpc) is 2.68. The van der Waals surface area contributed by atoms with E-state index in [1.54, 1.807) is 6.07 Å². The van der Waals surface area contributed by atoms with Crippen LogP contribution in [0, 0.1) is 29.4 Å². The summed E-state index contributed by atoms with van der Waals surface area (Å²) in [4.78, 5) is 0. The van der Waals surface area contributed by atoms with Gasteiger partial charge in [-0.05, 0) is 93.2 Å². The maximum Gasteiger partial charge on any atom is 0.159 e. The van der Waals surface area contributed by atoms with Gasteiger partial charge >= 0.3 is 0 Å². The molecule has 0 N–H and O–H groups in total. The minimum atomic E-state index is -0.733. The predicted molar refractivity (Wildman–Crippen MR) is 105 cm³/mol. The Kier molecular flexibility index (Phi) is 7.28. The number of hydrogen-bond acceptors (Lipinski definition) is 0. The van der Waals surface area contributed by atoms with Crippen molar-refractivity contribution in [2.75, 3.05) is 0 Å². The molecule has 26 heavy (non-hydrogen) atoms. The van der Waals surface area contributed by atoms with Gasteiger partial charge in [0.05, 0.1) is 0 Å². The average molecular weight is 361 g/mol. The van der Waals surface area contributed by atoms with Crippen molar-refractivity contribution in [3.8, 4) is 0 Å². The quantitative estimate of drug-likeness (QED) is 0.454. The molecule has 0 amide bonds. The number of benzene rings is 1. The summed E-state index contributed by atoms with van der Waals surface area (Å²) >= 11 is 0. The van der Waals surface area contributed by atoms with Crippen molar-refractivity contribution in [2.45, 2.75) is 83.5 Å². The standard InChI is InChI=1S/C24H34F2/c1-2-3-4-18-5-7-19(8-6-18)9-10-20-11-13-21(14-12-20)22-15-16-23(25)24(26)17-22/h2-3,15-21H,4-14H2,1H3. The minimum Gasteiger partial charge on any atom is -0.204 e. The van der Waals surface area contributed by atoms with Crippen LogP contribution in [-0.4, -0.2) is 0 Å². The van der Waals surface area contributed by atoms with Crippen LogP contribution in [0.3, 0.4) is 0 Å². The molecular formula is C24H34F2. The molecular weight excluding hydrogens is 326 g/mol. The first-order valence-corrected chi connectivity index (χ1v) is 10.7. The second-order valence-corrected chi connectivity index (χ2v) is 8.66. The monoisotopic (exact) mass is 360 g/mol. The molecule has 0 unspecified atom stereocenters. The van der Waals surface area contributed by atoms with Gasteiger partial charge in [-0.2, -0.15) is 0 Å². The van der Waals surface area contributed by atoms with Crippen molar-refractivity contribution >= 4 is 0 Å². The molecule has 0 saturated heterocycles. The Morgan fingerprint density at radius 1 is 0.808 bits per heavy atom. The van der Waals surface area contributed by atoms with E-state index in [0.717, 1.165) is 36.2 Å². The highest BCUT2D eigenvalue weighted by atomic mass is 19.2. The molecule has 0 bridgehead atoms. The molecule has 0 radical (unpaired) electrons. The van der Waals surface area contributed by atoms with E-state index < -0.39 is 11.6 Å². The van der Waals surface area contributed by atoms with Crippen LogP contribution in [0.1, 0.15) is 89.0 Å². The first-order valence-electron chi connectivity index (χ1n) is 10.7. The lowest BCUT2D eigenvalue weighted by atomic mass is 9.74. The highest BCUT2D eigenvalue weighted by Gasteiger charge is 2.25. The molecule has 0 aromatic heterocycles. The van der Waals surface area contributed by atoms with Gasteiger partial charge in [-0.3, -0.25) is 0 Å². The summed E-state index contributed by atoms with van der Waals surface area (Å²) in [5, 5.41) is 0. The molecule has 0 heterocycles. The van der Waals surface area contributed by atoms with Crippen LogP contribution in [0.25, 0.3) is 0 Å². The molecule has 1 aromatic carbocycles. The van der Waals surface area contributed by atoms with Gasteiger partial charge in [0.15, 0.2) is 11.6 Å². The van der Waals surface area contributed by atoms with Crippen LogP contribution >= 0.6 is 0 Å². The Labute approximate surface area is 158 Å². The zero-order valence-electron chi connectivity index (χ0n) is 16.2. The van der Waals surface area contributed by atoms with E-state index in [-0.39, 0.29) is 0 Å². The highest BCUT2D eigenvalue weighted by molar-refractivity contribution is 5.22. The number of hydrogen-bond donors (Lipinski definition) is 0. The van der Waals surface area contributed by atoms with Crippen molar-refractivity contribution in [2.24, 2.45) is 17.8 Å². The first kappa shape index (κ1) is 19.6. The maximum atomic E-state index is 13.5. The number of rotatable bonds is 6. The molecule has 0 aliphatic heterocycles. The van der Waals surface area contributed by atoms with E-state index in [2.05, 4.69) is 19.1 Å². The lowest BCUT2D eigenvalue weighted by Gasteiger charge is -2.32. The molecule has 1 aromatic rings.